The average molecular weight is 474 g/mol. The van der Waals surface area contributed by atoms with Crippen LogP contribution in [0, 0.1) is 6.92 Å². The van der Waals surface area contributed by atoms with Crippen molar-refractivity contribution < 1.29 is 14.3 Å². The van der Waals surface area contributed by atoms with Crippen LogP contribution in [0.4, 0.5) is 5.00 Å². The van der Waals surface area contributed by atoms with Gasteiger partial charge >= 0.3 is 5.97 Å². The number of aryl methyl sites for hydroxylation is 1. The van der Waals surface area contributed by atoms with E-state index in [9.17, 15) is 14.4 Å². The number of nitrogens with zero attached hydrogens (tertiary/aromatic N) is 2. The number of thiophene rings is 2. The van der Waals surface area contributed by atoms with Crippen molar-refractivity contribution in [3.05, 3.63) is 72.6 Å². The van der Waals surface area contributed by atoms with Crippen molar-refractivity contribution in [2.45, 2.75) is 13.8 Å². The summed E-state index contributed by atoms with van der Waals surface area (Å²) in [6.45, 7) is 3.75. The molecule has 4 aromatic rings. The number of esters is 1. The first-order chi connectivity index (χ1) is 14.9. The van der Waals surface area contributed by atoms with E-state index in [1.54, 1.807) is 42.6 Å². The molecule has 0 aliphatic carbocycles. The van der Waals surface area contributed by atoms with Crippen LogP contribution in [0.5, 0.6) is 0 Å². The Morgan fingerprint density at radius 2 is 2.06 bits per heavy atom. The Labute approximate surface area is 189 Å². The predicted octanol–water partition coefficient (Wildman–Crippen LogP) is 4.90. The third-order valence-electron chi connectivity index (χ3n) is 4.39. The van der Waals surface area contributed by atoms with Gasteiger partial charge in [-0.3, -0.25) is 9.59 Å². The van der Waals surface area contributed by atoms with Crippen LogP contribution in [0.1, 0.15) is 32.6 Å². The number of anilines is 1. The van der Waals surface area contributed by atoms with Gasteiger partial charge in [0.2, 0.25) is 0 Å². The molecular formula is C21H16ClN3O4S2. The number of aromatic nitrogens is 2. The molecule has 3 heterocycles. The van der Waals surface area contributed by atoms with Crippen LogP contribution in [0.2, 0.25) is 4.34 Å². The highest BCUT2D eigenvalue weighted by molar-refractivity contribution is 7.18. The molecule has 0 unspecified atom stereocenters. The van der Waals surface area contributed by atoms with E-state index in [0.29, 0.717) is 25.3 Å². The topological polar surface area (TPSA) is 90.3 Å². The molecule has 3 aromatic heterocycles. The summed E-state index contributed by atoms with van der Waals surface area (Å²) in [7, 11) is 0. The van der Waals surface area contributed by atoms with Gasteiger partial charge in [0.1, 0.15) is 5.00 Å². The van der Waals surface area contributed by atoms with E-state index in [1.165, 1.54) is 0 Å². The molecule has 1 aromatic carbocycles. The third-order valence-corrected chi connectivity index (χ3v) is 6.52. The number of nitrogens with one attached hydrogen (secondary N) is 1. The average Bonchev–Trinajstić information content (AvgIpc) is 3.35. The number of benzene rings is 1. The Kier molecular flexibility index (Phi) is 5.90. The number of ether oxygens (including phenoxy) is 1. The van der Waals surface area contributed by atoms with E-state index < -0.39 is 17.4 Å². The Hall–Kier alpha value is -3.01. The highest BCUT2D eigenvalue weighted by Crippen LogP contribution is 2.32. The molecule has 31 heavy (non-hydrogen) atoms. The summed E-state index contributed by atoms with van der Waals surface area (Å²) < 4.78 is 6.78. The molecule has 0 aliphatic rings. The molecule has 0 saturated heterocycles. The van der Waals surface area contributed by atoms with Crippen LogP contribution >= 0.6 is 34.3 Å². The normalized spacial score (nSPS) is 10.9. The van der Waals surface area contributed by atoms with E-state index in [1.807, 2.05) is 13.0 Å². The zero-order valence-electron chi connectivity index (χ0n) is 16.5. The monoisotopic (exact) mass is 473 g/mol. The number of carbonyl (C=O) groups is 2. The number of hydrogen-bond donors (Lipinski definition) is 1. The van der Waals surface area contributed by atoms with Gasteiger partial charge in [-0.25, -0.2) is 4.79 Å². The fraction of sp³-hybridized carbons (Fsp3) is 0.143. The summed E-state index contributed by atoms with van der Waals surface area (Å²) >= 11 is 8.20. The molecule has 158 valence electrons. The number of hydrogen-bond acceptors (Lipinski definition) is 7. The van der Waals surface area contributed by atoms with Crippen LogP contribution < -0.4 is 10.9 Å². The van der Waals surface area contributed by atoms with Crippen molar-refractivity contribution in [2.75, 3.05) is 11.9 Å². The first-order valence-corrected chi connectivity index (χ1v) is 11.3. The van der Waals surface area contributed by atoms with Gasteiger partial charge in [0.25, 0.3) is 11.5 Å². The van der Waals surface area contributed by atoms with Crippen molar-refractivity contribution in [2.24, 2.45) is 0 Å². The van der Waals surface area contributed by atoms with E-state index in [2.05, 4.69) is 10.4 Å². The van der Waals surface area contributed by atoms with Gasteiger partial charge in [0.15, 0.2) is 5.69 Å². The molecule has 10 heteroatoms. The maximum Gasteiger partial charge on any atom is 0.359 e. The Morgan fingerprint density at radius 1 is 1.26 bits per heavy atom. The van der Waals surface area contributed by atoms with Crippen molar-refractivity contribution in [3.8, 4) is 5.69 Å². The molecule has 0 fully saturated rings. The zero-order valence-corrected chi connectivity index (χ0v) is 18.9. The van der Waals surface area contributed by atoms with Gasteiger partial charge in [-0.15, -0.1) is 22.7 Å². The summed E-state index contributed by atoms with van der Waals surface area (Å²) in [6, 6.07) is 10.4. The minimum atomic E-state index is -0.644. The van der Waals surface area contributed by atoms with E-state index in [-0.39, 0.29) is 17.7 Å². The number of fused-ring (bicyclic) bond motifs is 1. The Bertz CT molecular complexity index is 1370. The van der Waals surface area contributed by atoms with Crippen LogP contribution in [0.15, 0.2) is 46.6 Å². The maximum atomic E-state index is 13.4. The van der Waals surface area contributed by atoms with Crippen molar-refractivity contribution in [3.63, 3.8) is 0 Å². The van der Waals surface area contributed by atoms with Crippen LogP contribution in [0.3, 0.4) is 0 Å². The molecule has 0 radical (unpaired) electrons. The molecule has 1 amide bonds. The van der Waals surface area contributed by atoms with Gasteiger partial charge < -0.3 is 10.1 Å². The molecule has 1 N–H and O–H groups in total. The molecule has 4 rings (SSSR count). The van der Waals surface area contributed by atoms with Crippen molar-refractivity contribution >= 4 is 61.9 Å². The van der Waals surface area contributed by atoms with Crippen LogP contribution in [-0.4, -0.2) is 28.3 Å². The van der Waals surface area contributed by atoms with E-state index >= 15 is 0 Å². The summed E-state index contributed by atoms with van der Waals surface area (Å²) in [6.07, 6.45) is 0. The molecular weight excluding hydrogens is 458 g/mol. The van der Waals surface area contributed by atoms with Crippen LogP contribution in [0.25, 0.3) is 16.5 Å². The number of amides is 1. The lowest BCUT2D eigenvalue weighted by Gasteiger charge is -2.10. The highest BCUT2D eigenvalue weighted by atomic mass is 35.5. The van der Waals surface area contributed by atoms with Gasteiger partial charge in [-0.1, -0.05) is 23.7 Å². The lowest BCUT2D eigenvalue weighted by atomic mass is 10.2. The largest absolute Gasteiger partial charge is 0.461 e. The Balaban J connectivity index is 1.90. The molecule has 0 aliphatic heterocycles. The molecule has 0 saturated carbocycles. The number of carbonyl (C=O) groups excluding carboxylic acids is 2. The minimum absolute atomic E-state index is 0.00822. The molecule has 0 atom stereocenters. The first-order valence-electron chi connectivity index (χ1n) is 9.24. The lowest BCUT2D eigenvalue weighted by Crippen LogP contribution is -2.25. The second-order valence-corrected chi connectivity index (χ2v) is 9.13. The number of rotatable bonds is 5. The summed E-state index contributed by atoms with van der Waals surface area (Å²) in [5.74, 6) is -1.04. The standard InChI is InChI=1S/C21H16ClN3O4S2/c1-3-29-21(28)17-13-10-30-19(23-18(26)14-7-8-15(22)31-14)16(13)20(27)25(24-17)12-6-4-5-11(2)9-12/h4-10H,3H2,1-2H3,(H,23,26). The second kappa shape index (κ2) is 8.62. The summed E-state index contributed by atoms with van der Waals surface area (Å²) in [5, 5.41) is 9.52. The van der Waals surface area contributed by atoms with E-state index in [4.69, 9.17) is 16.3 Å². The first kappa shape index (κ1) is 21.2. The third kappa shape index (κ3) is 4.12. The SMILES string of the molecule is CCOC(=O)c1nn(-c2cccc(C)c2)c(=O)c2c(NC(=O)c3ccc(Cl)s3)scc12. The van der Waals surface area contributed by atoms with Crippen molar-refractivity contribution in [1.82, 2.24) is 9.78 Å². The summed E-state index contributed by atoms with van der Waals surface area (Å²) in [5.41, 5.74) is 0.992. The molecule has 7 nitrogen and oxygen atoms in total. The fourth-order valence-electron chi connectivity index (χ4n) is 3.03. The fourth-order valence-corrected chi connectivity index (χ4v) is 4.90. The Morgan fingerprint density at radius 3 is 2.74 bits per heavy atom. The van der Waals surface area contributed by atoms with Gasteiger partial charge in [-0.05, 0) is 43.7 Å². The lowest BCUT2D eigenvalue weighted by molar-refractivity contribution is 0.0520. The summed E-state index contributed by atoms with van der Waals surface area (Å²) in [4.78, 5) is 39.0. The molecule has 0 spiro atoms. The maximum absolute atomic E-state index is 13.4. The smallest absolute Gasteiger partial charge is 0.359 e. The quantitative estimate of drug-likeness (QED) is 0.416. The highest BCUT2D eigenvalue weighted by Gasteiger charge is 2.23. The second-order valence-electron chi connectivity index (χ2n) is 6.54. The van der Waals surface area contributed by atoms with Crippen LogP contribution in [-0.2, 0) is 4.74 Å². The zero-order chi connectivity index (χ0) is 22.1. The van der Waals surface area contributed by atoms with Gasteiger partial charge in [0.05, 0.1) is 26.9 Å². The number of halogens is 1. The minimum Gasteiger partial charge on any atom is -0.461 e. The predicted molar refractivity (Wildman–Crippen MR) is 123 cm³/mol. The molecule has 0 bridgehead atoms. The van der Waals surface area contributed by atoms with Gasteiger partial charge in [-0.2, -0.15) is 9.78 Å². The van der Waals surface area contributed by atoms with E-state index in [0.717, 1.165) is 32.9 Å². The van der Waals surface area contributed by atoms with Crippen molar-refractivity contribution in [1.29, 1.82) is 0 Å². The van der Waals surface area contributed by atoms with Gasteiger partial charge in [0, 0.05) is 10.8 Å².